The van der Waals surface area contributed by atoms with Gasteiger partial charge in [-0.05, 0) is 24.6 Å². The van der Waals surface area contributed by atoms with Crippen LogP contribution < -0.4 is 10.1 Å². The first-order valence-electron chi connectivity index (χ1n) is 5.09. The number of nitrogens with one attached hydrogen (secondary N) is 1. The number of carboxylic acid groups (broad SMARTS) is 1. The summed E-state index contributed by atoms with van der Waals surface area (Å²) in [5, 5.41) is 11.4. The number of rotatable bonds is 6. The molecular weight excluding hydrogens is 222 g/mol. The monoisotopic (exact) mass is 237 g/mol. The SMILES string of the molecule is COc1ccc(CC(C)(NC=O)C(=O)O)cc1. The molecule has 0 fully saturated rings. The molecule has 0 saturated carbocycles. The molecule has 0 spiro atoms. The number of carbonyl (C=O) groups is 2. The summed E-state index contributed by atoms with van der Waals surface area (Å²) in [6.45, 7) is 1.47. The molecule has 17 heavy (non-hydrogen) atoms. The summed E-state index contributed by atoms with van der Waals surface area (Å²) in [7, 11) is 1.56. The number of ether oxygens (including phenoxy) is 1. The summed E-state index contributed by atoms with van der Waals surface area (Å²) in [6, 6.07) is 7.04. The maximum atomic E-state index is 11.1. The van der Waals surface area contributed by atoms with Gasteiger partial charge in [0.1, 0.15) is 11.3 Å². The van der Waals surface area contributed by atoms with E-state index in [1.54, 1.807) is 31.4 Å². The lowest BCUT2D eigenvalue weighted by Gasteiger charge is -2.24. The maximum absolute atomic E-state index is 11.1. The fourth-order valence-corrected chi connectivity index (χ4v) is 1.47. The number of amides is 1. The largest absolute Gasteiger partial charge is 0.497 e. The summed E-state index contributed by atoms with van der Waals surface area (Å²) in [6.07, 6.45) is 0.614. The van der Waals surface area contributed by atoms with Crippen LogP contribution in [0.3, 0.4) is 0 Å². The molecule has 5 nitrogen and oxygen atoms in total. The van der Waals surface area contributed by atoms with Gasteiger partial charge in [0.05, 0.1) is 7.11 Å². The van der Waals surface area contributed by atoms with E-state index in [0.717, 1.165) is 5.56 Å². The van der Waals surface area contributed by atoms with Gasteiger partial charge in [-0.3, -0.25) is 4.79 Å². The highest BCUT2D eigenvalue weighted by Crippen LogP contribution is 2.17. The van der Waals surface area contributed by atoms with E-state index in [4.69, 9.17) is 9.84 Å². The van der Waals surface area contributed by atoms with Crippen LogP contribution in [0.25, 0.3) is 0 Å². The smallest absolute Gasteiger partial charge is 0.329 e. The molecule has 1 aromatic rings. The van der Waals surface area contributed by atoms with Crippen LogP contribution >= 0.6 is 0 Å². The molecule has 0 aromatic heterocycles. The van der Waals surface area contributed by atoms with Gasteiger partial charge in [0.25, 0.3) is 0 Å². The Bertz CT molecular complexity index is 401. The van der Waals surface area contributed by atoms with Gasteiger partial charge < -0.3 is 15.2 Å². The highest BCUT2D eigenvalue weighted by Gasteiger charge is 2.32. The quantitative estimate of drug-likeness (QED) is 0.718. The normalized spacial score (nSPS) is 13.5. The fourth-order valence-electron chi connectivity index (χ4n) is 1.47. The molecule has 0 radical (unpaired) electrons. The van der Waals surface area contributed by atoms with Crippen molar-refractivity contribution in [3.05, 3.63) is 29.8 Å². The number of carboxylic acids is 1. The highest BCUT2D eigenvalue weighted by molar-refractivity contribution is 5.81. The Labute approximate surface area is 99.4 Å². The topological polar surface area (TPSA) is 75.6 Å². The minimum absolute atomic E-state index is 0.213. The summed E-state index contributed by atoms with van der Waals surface area (Å²) in [4.78, 5) is 21.5. The lowest BCUT2D eigenvalue weighted by molar-refractivity contribution is -0.145. The Balaban J connectivity index is 2.85. The summed E-state index contributed by atoms with van der Waals surface area (Å²) >= 11 is 0. The van der Waals surface area contributed by atoms with Gasteiger partial charge in [0.15, 0.2) is 0 Å². The Kier molecular flexibility index (Phi) is 4.09. The predicted molar refractivity (Wildman–Crippen MR) is 61.9 cm³/mol. The molecule has 0 saturated heterocycles. The van der Waals surface area contributed by atoms with Crippen molar-refractivity contribution in [2.24, 2.45) is 0 Å². The molecule has 1 rings (SSSR count). The van der Waals surface area contributed by atoms with Crippen LogP contribution in [0.4, 0.5) is 0 Å². The molecule has 0 aliphatic carbocycles. The van der Waals surface area contributed by atoms with E-state index in [-0.39, 0.29) is 6.42 Å². The van der Waals surface area contributed by atoms with Crippen LogP contribution in [0.2, 0.25) is 0 Å². The molecule has 0 aliphatic rings. The van der Waals surface area contributed by atoms with Crippen molar-refractivity contribution in [3.63, 3.8) is 0 Å². The van der Waals surface area contributed by atoms with Crippen molar-refractivity contribution in [1.29, 1.82) is 0 Å². The predicted octanol–water partition coefficient (Wildman–Crippen LogP) is 0.827. The minimum Gasteiger partial charge on any atom is -0.497 e. The third-order valence-electron chi connectivity index (χ3n) is 2.57. The lowest BCUT2D eigenvalue weighted by atomic mass is 9.93. The number of carbonyl (C=O) groups excluding carboxylic acids is 1. The minimum atomic E-state index is -1.30. The lowest BCUT2D eigenvalue weighted by Crippen LogP contribution is -2.50. The van der Waals surface area contributed by atoms with Crippen molar-refractivity contribution >= 4 is 12.4 Å². The van der Waals surface area contributed by atoms with Crippen molar-refractivity contribution in [2.75, 3.05) is 7.11 Å². The number of benzene rings is 1. The number of hydrogen-bond acceptors (Lipinski definition) is 3. The van der Waals surface area contributed by atoms with Crippen molar-refractivity contribution in [2.45, 2.75) is 18.9 Å². The van der Waals surface area contributed by atoms with Gasteiger partial charge >= 0.3 is 5.97 Å². The van der Waals surface area contributed by atoms with Crippen LogP contribution in [0.15, 0.2) is 24.3 Å². The van der Waals surface area contributed by atoms with Gasteiger partial charge in [-0.1, -0.05) is 12.1 Å². The van der Waals surface area contributed by atoms with Gasteiger partial charge in [-0.25, -0.2) is 4.79 Å². The van der Waals surface area contributed by atoms with E-state index in [0.29, 0.717) is 12.2 Å². The van der Waals surface area contributed by atoms with Crippen LogP contribution in [0.5, 0.6) is 5.75 Å². The zero-order valence-corrected chi connectivity index (χ0v) is 9.77. The average Bonchev–Trinajstić information content (AvgIpc) is 2.30. The maximum Gasteiger partial charge on any atom is 0.329 e. The summed E-state index contributed by atoms with van der Waals surface area (Å²) in [5.74, 6) is -0.366. The second-order valence-electron chi connectivity index (χ2n) is 3.92. The zero-order valence-electron chi connectivity index (χ0n) is 9.77. The highest BCUT2D eigenvalue weighted by atomic mass is 16.5. The fraction of sp³-hybridized carbons (Fsp3) is 0.333. The molecule has 1 aromatic carbocycles. The number of hydrogen-bond donors (Lipinski definition) is 2. The van der Waals surface area contributed by atoms with E-state index in [2.05, 4.69) is 5.32 Å². The second kappa shape index (κ2) is 5.34. The Morgan fingerprint density at radius 2 is 2.06 bits per heavy atom. The molecule has 5 heteroatoms. The Morgan fingerprint density at radius 1 is 1.47 bits per heavy atom. The van der Waals surface area contributed by atoms with Gasteiger partial charge in [0.2, 0.25) is 6.41 Å². The first-order chi connectivity index (χ1) is 8.01. The van der Waals surface area contributed by atoms with Gasteiger partial charge in [-0.2, -0.15) is 0 Å². The molecule has 0 heterocycles. The number of methoxy groups -OCH3 is 1. The average molecular weight is 237 g/mol. The Hall–Kier alpha value is -2.04. The second-order valence-corrected chi connectivity index (χ2v) is 3.92. The third kappa shape index (κ3) is 3.21. The molecule has 1 amide bonds. The summed E-state index contributed by atoms with van der Waals surface area (Å²) in [5.41, 5.74) is -0.485. The van der Waals surface area contributed by atoms with E-state index in [9.17, 15) is 9.59 Å². The first kappa shape index (κ1) is 13.0. The summed E-state index contributed by atoms with van der Waals surface area (Å²) < 4.78 is 5.01. The van der Waals surface area contributed by atoms with Gasteiger partial charge in [-0.15, -0.1) is 0 Å². The number of aliphatic carboxylic acids is 1. The molecular formula is C12H15NO4. The molecule has 1 unspecified atom stereocenters. The van der Waals surface area contributed by atoms with Crippen LogP contribution in [0.1, 0.15) is 12.5 Å². The van der Waals surface area contributed by atoms with Crippen LogP contribution in [-0.2, 0) is 16.0 Å². The van der Waals surface area contributed by atoms with E-state index in [1.165, 1.54) is 6.92 Å². The van der Waals surface area contributed by atoms with Crippen molar-refractivity contribution in [1.82, 2.24) is 5.32 Å². The molecule has 0 aliphatic heterocycles. The van der Waals surface area contributed by atoms with Gasteiger partial charge in [0, 0.05) is 6.42 Å². The Morgan fingerprint density at radius 3 is 2.47 bits per heavy atom. The van der Waals surface area contributed by atoms with E-state index < -0.39 is 11.5 Å². The van der Waals surface area contributed by atoms with E-state index in [1.807, 2.05) is 0 Å². The molecule has 92 valence electrons. The molecule has 0 bridgehead atoms. The van der Waals surface area contributed by atoms with E-state index >= 15 is 0 Å². The van der Waals surface area contributed by atoms with Crippen LogP contribution in [-0.4, -0.2) is 30.1 Å². The molecule has 2 N–H and O–H groups in total. The third-order valence-corrected chi connectivity index (χ3v) is 2.57. The first-order valence-corrected chi connectivity index (χ1v) is 5.09. The standard InChI is InChI=1S/C12H15NO4/c1-12(11(15)16,13-8-14)7-9-3-5-10(17-2)6-4-9/h3-6,8H,7H2,1-2H3,(H,13,14)(H,15,16). The zero-order chi connectivity index (χ0) is 12.9. The van der Waals surface area contributed by atoms with Crippen LogP contribution in [0, 0.1) is 0 Å². The van der Waals surface area contributed by atoms with Crippen molar-refractivity contribution in [3.8, 4) is 5.75 Å². The molecule has 1 atom stereocenters. The van der Waals surface area contributed by atoms with Crippen molar-refractivity contribution < 1.29 is 19.4 Å².